The van der Waals surface area contributed by atoms with Crippen molar-refractivity contribution >= 4 is 0 Å². The predicted octanol–water partition coefficient (Wildman–Crippen LogP) is 7.40. The van der Waals surface area contributed by atoms with Crippen LogP contribution < -0.4 is 0 Å². The molecule has 23 heavy (non-hydrogen) atoms. The molecule has 0 saturated heterocycles. The molecule has 0 N–H and O–H groups in total. The van der Waals surface area contributed by atoms with Gasteiger partial charge in [0, 0.05) is 0 Å². The van der Waals surface area contributed by atoms with Gasteiger partial charge in [0.15, 0.2) is 0 Å². The van der Waals surface area contributed by atoms with E-state index in [2.05, 4.69) is 25.7 Å². The maximum atomic E-state index is 3.92. The van der Waals surface area contributed by atoms with Crippen LogP contribution in [0.5, 0.6) is 0 Å². The van der Waals surface area contributed by atoms with Crippen LogP contribution in [0, 0.1) is 6.92 Å². The van der Waals surface area contributed by atoms with Crippen molar-refractivity contribution in [2.24, 2.45) is 0 Å². The minimum Gasteiger partial charge on any atom is -0.303 e. The van der Waals surface area contributed by atoms with Crippen LogP contribution in [-0.2, 0) is 0 Å². The maximum absolute atomic E-state index is 3.92. The largest absolute Gasteiger partial charge is 0.303 e. The van der Waals surface area contributed by atoms with Crippen molar-refractivity contribution < 1.29 is 0 Å². The van der Waals surface area contributed by atoms with Gasteiger partial charge in [0.25, 0.3) is 0 Å². The molecule has 0 amide bonds. The molecular weight excluding hydrogens is 278 g/mol. The highest BCUT2D eigenvalue weighted by Crippen LogP contribution is 2.10. The minimum absolute atomic E-state index is 1.12. The van der Waals surface area contributed by atoms with Gasteiger partial charge in [-0.3, -0.25) is 0 Å². The molecule has 0 aromatic carbocycles. The molecule has 0 saturated carbocycles. The molecule has 1 heteroatoms. The SMILES string of the molecule is [CH2]CCCCCCCCCN(CCCCCC)CCCCCC. The molecule has 0 bridgehead atoms. The zero-order valence-corrected chi connectivity index (χ0v) is 16.6. The summed E-state index contributed by atoms with van der Waals surface area (Å²) >= 11 is 0. The molecule has 139 valence electrons. The third-order valence-electron chi connectivity index (χ3n) is 4.88. The van der Waals surface area contributed by atoms with Crippen LogP contribution in [0.4, 0.5) is 0 Å². The van der Waals surface area contributed by atoms with E-state index in [0.717, 1.165) is 6.42 Å². The maximum Gasteiger partial charge on any atom is -0.00187 e. The van der Waals surface area contributed by atoms with Crippen LogP contribution in [0.3, 0.4) is 0 Å². The second-order valence-electron chi connectivity index (χ2n) is 7.29. The van der Waals surface area contributed by atoms with Crippen molar-refractivity contribution in [3.63, 3.8) is 0 Å². The van der Waals surface area contributed by atoms with Gasteiger partial charge in [0.05, 0.1) is 0 Å². The Morgan fingerprint density at radius 3 is 1.22 bits per heavy atom. The Labute approximate surface area is 148 Å². The molecule has 0 aromatic rings. The third kappa shape index (κ3) is 18.1. The Morgan fingerprint density at radius 2 is 0.826 bits per heavy atom. The van der Waals surface area contributed by atoms with Gasteiger partial charge < -0.3 is 4.90 Å². The highest BCUT2D eigenvalue weighted by Gasteiger charge is 2.04. The first-order valence-electron chi connectivity index (χ1n) is 10.9. The first-order chi connectivity index (χ1) is 11.3. The highest BCUT2D eigenvalue weighted by molar-refractivity contribution is 4.60. The number of hydrogen-bond acceptors (Lipinski definition) is 1. The lowest BCUT2D eigenvalue weighted by molar-refractivity contribution is 0.254. The lowest BCUT2D eigenvalue weighted by Gasteiger charge is -2.22. The Bertz CT molecular complexity index is 190. The molecule has 0 atom stereocenters. The summed E-state index contributed by atoms with van der Waals surface area (Å²) in [4.78, 5) is 2.76. The molecule has 1 radical (unpaired) electrons. The molecule has 0 fully saturated rings. The fourth-order valence-corrected chi connectivity index (χ4v) is 3.26. The minimum atomic E-state index is 1.12. The summed E-state index contributed by atoms with van der Waals surface area (Å²) in [6, 6.07) is 0. The third-order valence-corrected chi connectivity index (χ3v) is 4.88. The summed E-state index contributed by atoms with van der Waals surface area (Å²) in [6.45, 7) is 12.6. The van der Waals surface area contributed by atoms with Gasteiger partial charge in [0.2, 0.25) is 0 Å². The normalized spacial score (nSPS) is 11.5. The van der Waals surface area contributed by atoms with Crippen LogP contribution in [0.25, 0.3) is 0 Å². The zero-order chi connectivity index (χ0) is 17.0. The first-order valence-corrected chi connectivity index (χ1v) is 10.9. The molecule has 0 unspecified atom stereocenters. The van der Waals surface area contributed by atoms with E-state index in [1.165, 1.54) is 116 Å². The van der Waals surface area contributed by atoms with Crippen LogP contribution in [0.15, 0.2) is 0 Å². The standard InChI is InChI=1S/C22H46N/c1-4-7-10-13-14-15-16-19-22-23(20-17-11-8-5-2)21-18-12-9-6-3/h1,4-22H2,2-3H3. The van der Waals surface area contributed by atoms with E-state index in [1.807, 2.05) is 0 Å². The van der Waals surface area contributed by atoms with Crippen molar-refractivity contribution in [1.29, 1.82) is 0 Å². The van der Waals surface area contributed by atoms with Gasteiger partial charge in [-0.2, -0.15) is 0 Å². The van der Waals surface area contributed by atoms with E-state index in [-0.39, 0.29) is 0 Å². The molecule has 0 aliphatic carbocycles. The number of nitrogens with zero attached hydrogens (tertiary/aromatic N) is 1. The van der Waals surface area contributed by atoms with Gasteiger partial charge >= 0.3 is 0 Å². The molecule has 0 aliphatic rings. The summed E-state index contributed by atoms with van der Waals surface area (Å²) in [5.41, 5.74) is 0. The fourth-order valence-electron chi connectivity index (χ4n) is 3.26. The van der Waals surface area contributed by atoms with E-state index >= 15 is 0 Å². The molecule has 0 rings (SSSR count). The Morgan fingerprint density at radius 1 is 0.478 bits per heavy atom. The number of rotatable bonds is 19. The topological polar surface area (TPSA) is 3.24 Å². The van der Waals surface area contributed by atoms with Gasteiger partial charge in [-0.25, -0.2) is 0 Å². The highest BCUT2D eigenvalue weighted by atomic mass is 15.1. The molecule has 0 spiro atoms. The monoisotopic (exact) mass is 324 g/mol. The lowest BCUT2D eigenvalue weighted by Crippen LogP contribution is -2.27. The van der Waals surface area contributed by atoms with Crippen molar-refractivity contribution in [3.05, 3.63) is 6.92 Å². The van der Waals surface area contributed by atoms with Crippen molar-refractivity contribution in [2.45, 2.75) is 117 Å². The van der Waals surface area contributed by atoms with E-state index in [9.17, 15) is 0 Å². The van der Waals surface area contributed by atoms with Crippen molar-refractivity contribution in [2.75, 3.05) is 19.6 Å². The van der Waals surface area contributed by atoms with Crippen LogP contribution >= 0.6 is 0 Å². The summed E-state index contributed by atoms with van der Waals surface area (Å²) in [7, 11) is 0. The summed E-state index contributed by atoms with van der Waals surface area (Å²) in [6.07, 6.45) is 22.2. The molecule has 0 heterocycles. The first kappa shape index (κ1) is 23.0. The van der Waals surface area contributed by atoms with Gasteiger partial charge in [-0.05, 0) is 38.9 Å². The Balaban J connectivity index is 3.64. The van der Waals surface area contributed by atoms with Crippen molar-refractivity contribution in [3.8, 4) is 0 Å². The van der Waals surface area contributed by atoms with E-state index in [0.29, 0.717) is 0 Å². The second-order valence-corrected chi connectivity index (χ2v) is 7.29. The Hall–Kier alpha value is -0.0400. The molecular formula is C22H46N. The zero-order valence-electron chi connectivity index (χ0n) is 16.6. The smallest absolute Gasteiger partial charge is 0.00187 e. The average Bonchev–Trinajstić information content (AvgIpc) is 2.57. The van der Waals surface area contributed by atoms with E-state index in [4.69, 9.17) is 0 Å². The fraction of sp³-hybridized carbons (Fsp3) is 0.955. The summed E-state index contributed by atoms with van der Waals surface area (Å²) in [5, 5.41) is 0. The van der Waals surface area contributed by atoms with Crippen LogP contribution in [0.1, 0.15) is 117 Å². The Kier molecular flexibility index (Phi) is 20.0. The van der Waals surface area contributed by atoms with Crippen molar-refractivity contribution in [1.82, 2.24) is 4.90 Å². The lowest BCUT2D eigenvalue weighted by atomic mass is 10.1. The van der Waals surface area contributed by atoms with Gasteiger partial charge in [0.1, 0.15) is 0 Å². The predicted molar refractivity (Wildman–Crippen MR) is 107 cm³/mol. The molecule has 1 nitrogen and oxygen atoms in total. The summed E-state index contributed by atoms with van der Waals surface area (Å²) in [5.74, 6) is 0. The van der Waals surface area contributed by atoms with Crippen LogP contribution in [0.2, 0.25) is 0 Å². The van der Waals surface area contributed by atoms with Gasteiger partial charge in [-0.15, -0.1) is 0 Å². The average molecular weight is 325 g/mol. The van der Waals surface area contributed by atoms with Crippen LogP contribution in [-0.4, -0.2) is 24.5 Å². The van der Waals surface area contributed by atoms with E-state index < -0.39 is 0 Å². The number of unbranched alkanes of at least 4 members (excludes halogenated alkanes) is 13. The number of hydrogen-bond donors (Lipinski definition) is 0. The summed E-state index contributed by atoms with van der Waals surface area (Å²) < 4.78 is 0. The second kappa shape index (κ2) is 20.0. The molecule has 0 aliphatic heterocycles. The van der Waals surface area contributed by atoms with E-state index in [1.54, 1.807) is 0 Å². The molecule has 0 aromatic heterocycles. The quantitative estimate of drug-likeness (QED) is 0.224. The van der Waals surface area contributed by atoms with Gasteiger partial charge in [-0.1, -0.05) is 104 Å².